The number of aromatic nitrogens is 1. The summed E-state index contributed by atoms with van der Waals surface area (Å²) in [5.41, 5.74) is 6.84. The van der Waals surface area contributed by atoms with Gasteiger partial charge in [0.1, 0.15) is 11.4 Å². The number of fused-ring (bicyclic) bond motifs is 1. The number of hydrogen-bond acceptors (Lipinski definition) is 5. The molecule has 1 aromatic carbocycles. The summed E-state index contributed by atoms with van der Waals surface area (Å²) in [6.45, 7) is 1.05. The molecule has 0 spiro atoms. The zero-order chi connectivity index (χ0) is 15.5. The fourth-order valence-electron chi connectivity index (χ4n) is 2.42. The first kappa shape index (κ1) is 15.3. The first-order valence-electron chi connectivity index (χ1n) is 7.05. The summed E-state index contributed by atoms with van der Waals surface area (Å²) >= 11 is 7.59. The van der Waals surface area contributed by atoms with Crippen LogP contribution in [0.25, 0.3) is 0 Å². The molecule has 0 saturated carbocycles. The van der Waals surface area contributed by atoms with Crippen molar-refractivity contribution in [3.63, 3.8) is 0 Å². The molecular weight excluding hydrogens is 322 g/mol. The molecular formula is C15H16ClN3O2S. The Morgan fingerprint density at radius 2 is 2.41 bits per heavy atom. The molecule has 2 heterocycles. The number of hydrogen-bond donors (Lipinski definition) is 2. The lowest BCUT2D eigenvalue weighted by molar-refractivity contribution is 0.0920. The molecule has 1 aliphatic rings. The molecule has 0 radical (unpaired) electrons. The van der Waals surface area contributed by atoms with E-state index >= 15 is 0 Å². The van der Waals surface area contributed by atoms with Gasteiger partial charge in [-0.25, -0.2) is 4.98 Å². The Kier molecular flexibility index (Phi) is 4.61. The summed E-state index contributed by atoms with van der Waals surface area (Å²) in [6.07, 6.45) is 1.40. The van der Waals surface area contributed by atoms with Crippen molar-refractivity contribution in [2.24, 2.45) is 5.73 Å². The van der Waals surface area contributed by atoms with Crippen molar-refractivity contribution in [2.45, 2.75) is 18.9 Å². The van der Waals surface area contributed by atoms with E-state index in [0.29, 0.717) is 42.5 Å². The van der Waals surface area contributed by atoms with Crippen molar-refractivity contribution < 1.29 is 9.53 Å². The van der Waals surface area contributed by atoms with Gasteiger partial charge in [-0.15, -0.1) is 11.3 Å². The summed E-state index contributed by atoms with van der Waals surface area (Å²) in [6, 6.07) is 5.45. The summed E-state index contributed by atoms with van der Waals surface area (Å²) in [4.78, 5) is 16.7. The van der Waals surface area contributed by atoms with Crippen LogP contribution >= 0.6 is 22.9 Å². The van der Waals surface area contributed by atoms with Crippen LogP contribution in [0.3, 0.4) is 0 Å². The van der Waals surface area contributed by atoms with Crippen molar-refractivity contribution in [1.29, 1.82) is 0 Å². The average Bonchev–Trinajstić information content (AvgIpc) is 2.97. The third-order valence-corrected chi connectivity index (χ3v) is 4.68. The number of thiazole rings is 1. The Morgan fingerprint density at radius 3 is 3.23 bits per heavy atom. The number of ether oxygens (including phenoxy) is 1. The number of carbonyl (C=O) groups excluding carboxylic acids is 1. The summed E-state index contributed by atoms with van der Waals surface area (Å²) in [7, 11) is 0. The van der Waals surface area contributed by atoms with Crippen LogP contribution in [0.5, 0.6) is 5.75 Å². The second-order valence-electron chi connectivity index (χ2n) is 4.99. The number of nitrogens with zero attached hydrogens (tertiary/aromatic N) is 1. The molecule has 7 heteroatoms. The molecule has 1 unspecified atom stereocenters. The molecule has 2 aromatic rings. The quantitative estimate of drug-likeness (QED) is 0.898. The van der Waals surface area contributed by atoms with Crippen molar-refractivity contribution >= 4 is 28.8 Å². The molecule has 5 nitrogen and oxygen atoms in total. The van der Waals surface area contributed by atoms with E-state index < -0.39 is 0 Å². The van der Waals surface area contributed by atoms with Gasteiger partial charge in [0.15, 0.2) is 0 Å². The van der Waals surface area contributed by atoms with Crippen LogP contribution in [-0.2, 0) is 6.42 Å². The van der Waals surface area contributed by atoms with Crippen molar-refractivity contribution in [1.82, 2.24) is 10.3 Å². The fourth-order valence-corrected chi connectivity index (χ4v) is 3.45. The number of nitrogens with one attached hydrogen (secondary N) is 1. The van der Waals surface area contributed by atoms with Gasteiger partial charge in [-0.05, 0) is 12.6 Å². The second-order valence-corrected chi connectivity index (χ2v) is 6.34. The third kappa shape index (κ3) is 3.09. The summed E-state index contributed by atoms with van der Waals surface area (Å²) < 4.78 is 5.60. The van der Waals surface area contributed by atoms with Gasteiger partial charge in [-0.2, -0.15) is 0 Å². The Hall–Kier alpha value is -1.63. The van der Waals surface area contributed by atoms with Crippen LogP contribution in [-0.4, -0.2) is 24.0 Å². The van der Waals surface area contributed by atoms with E-state index in [0.717, 1.165) is 10.6 Å². The molecule has 1 amide bonds. The molecule has 0 saturated heterocycles. The highest BCUT2D eigenvalue weighted by Gasteiger charge is 2.25. The minimum absolute atomic E-state index is 0.116. The monoisotopic (exact) mass is 337 g/mol. The summed E-state index contributed by atoms with van der Waals surface area (Å²) in [5, 5.41) is 6.21. The first-order chi connectivity index (χ1) is 10.7. The molecule has 0 aliphatic carbocycles. The van der Waals surface area contributed by atoms with Crippen LogP contribution < -0.4 is 15.8 Å². The van der Waals surface area contributed by atoms with Crippen molar-refractivity contribution in [3.05, 3.63) is 44.9 Å². The lowest BCUT2D eigenvalue weighted by atomic mass is 10.0. The predicted octanol–water partition coefficient (Wildman–Crippen LogP) is 2.55. The minimum atomic E-state index is -0.183. The number of rotatable bonds is 4. The molecule has 1 aliphatic heterocycles. The van der Waals surface area contributed by atoms with Crippen LogP contribution in [0.15, 0.2) is 23.6 Å². The molecule has 3 rings (SSSR count). The Morgan fingerprint density at radius 1 is 1.55 bits per heavy atom. The zero-order valence-electron chi connectivity index (χ0n) is 11.8. The first-order valence-corrected chi connectivity index (χ1v) is 8.31. The number of halogens is 1. The van der Waals surface area contributed by atoms with Gasteiger partial charge in [0, 0.05) is 23.8 Å². The van der Waals surface area contributed by atoms with Crippen molar-refractivity contribution in [3.8, 4) is 5.75 Å². The number of para-hydroxylation sites is 1. The Bertz CT molecular complexity index is 689. The average molecular weight is 338 g/mol. The second kappa shape index (κ2) is 6.64. The Labute approximate surface area is 137 Å². The molecule has 1 atom stereocenters. The third-order valence-electron chi connectivity index (χ3n) is 3.47. The van der Waals surface area contributed by atoms with E-state index in [1.54, 1.807) is 11.4 Å². The maximum absolute atomic E-state index is 12.4. The van der Waals surface area contributed by atoms with Gasteiger partial charge in [0.05, 0.1) is 22.7 Å². The number of carbonyl (C=O) groups is 1. The van der Waals surface area contributed by atoms with Crippen LogP contribution in [0, 0.1) is 0 Å². The highest BCUT2D eigenvalue weighted by atomic mass is 35.5. The summed E-state index contributed by atoms with van der Waals surface area (Å²) in [5.74, 6) is 0.472. The van der Waals surface area contributed by atoms with Gasteiger partial charge < -0.3 is 15.8 Å². The zero-order valence-corrected chi connectivity index (χ0v) is 13.4. The number of nitrogens with two attached hydrogens (primary N) is 1. The van der Waals surface area contributed by atoms with E-state index in [-0.39, 0.29) is 11.9 Å². The van der Waals surface area contributed by atoms with Crippen LogP contribution in [0.1, 0.15) is 33.5 Å². The molecule has 0 bridgehead atoms. The largest absolute Gasteiger partial charge is 0.492 e. The van der Waals surface area contributed by atoms with Gasteiger partial charge in [0.25, 0.3) is 5.91 Å². The van der Waals surface area contributed by atoms with E-state index in [2.05, 4.69) is 10.3 Å². The normalized spacial score (nSPS) is 16.7. The standard InChI is InChI=1S/C15H16ClN3O2S/c16-10-3-1-2-9-11(5-7-21-14(9)10)19-15(20)12-8-22-13(18-12)4-6-17/h1-3,8,11H,4-7,17H2,(H,19,20). The topological polar surface area (TPSA) is 77.2 Å². The van der Waals surface area contributed by atoms with E-state index in [1.807, 2.05) is 12.1 Å². The van der Waals surface area contributed by atoms with E-state index in [4.69, 9.17) is 22.1 Å². The lowest BCUT2D eigenvalue weighted by Gasteiger charge is -2.27. The van der Waals surface area contributed by atoms with Crippen molar-refractivity contribution in [2.75, 3.05) is 13.2 Å². The van der Waals surface area contributed by atoms with Gasteiger partial charge in [-0.1, -0.05) is 23.7 Å². The smallest absolute Gasteiger partial charge is 0.271 e. The maximum Gasteiger partial charge on any atom is 0.271 e. The molecule has 116 valence electrons. The van der Waals surface area contributed by atoms with Gasteiger partial charge >= 0.3 is 0 Å². The number of benzene rings is 1. The van der Waals surface area contributed by atoms with E-state index in [1.165, 1.54) is 11.3 Å². The molecule has 0 fully saturated rings. The van der Waals surface area contributed by atoms with Crippen LogP contribution in [0.4, 0.5) is 0 Å². The highest BCUT2D eigenvalue weighted by Crippen LogP contribution is 2.37. The van der Waals surface area contributed by atoms with Gasteiger partial charge in [-0.3, -0.25) is 4.79 Å². The lowest BCUT2D eigenvalue weighted by Crippen LogP contribution is -2.32. The van der Waals surface area contributed by atoms with E-state index in [9.17, 15) is 4.79 Å². The minimum Gasteiger partial charge on any atom is -0.492 e. The highest BCUT2D eigenvalue weighted by molar-refractivity contribution is 7.09. The Balaban J connectivity index is 1.76. The fraction of sp³-hybridized carbons (Fsp3) is 0.333. The van der Waals surface area contributed by atoms with Gasteiger partial charge in [0.2, 0.25) is 0 Å². The van der Waals surface area contributed by atoms with Crippen LogP contribution in [0.2, 0.25) is 5.02 Å². The molecule has 1 aromatic heterocycles. The SMILES string of the molecule is NCCc1nc(C(=O)NC2CCOc3c(Cl)cccc32)cs1. The molecule has 3 N–H and O–H groups in total. The molecule has 22 heavy (non-hydrogen) atoms. The number of amides is 1. The predicted molar refractivity (Wildman–Crippen MR) is 86.6 cm³/mol. The maximum atomic E-state index is 12.4.